The highest BCUT2D eigenvalue weighted by Crippen LogP contribution is 2.21. The minimum atomic E-state index is -0.861. The number of nitrogens with two attached hydrogens (primary N) is 1. The first-order valence-electron chi connectivity index (χ1n) is 4.79. The van der Waals surface area contributed by atoms with Crippen molar-refractivity contribution in [3.8, 4) is 12.3 Å². The van der Waals surface area contributed by atoms with Gasteiger partial charge < -0.3 is 5.73 Å². The number of rotatable bonds is 4. The molecule has 0 aromatic heterocycles. The average molecular weight is 209 g/mol. The molecule has 1 rings (SSSR count). The van der Waals surface area contributed by atoms with Crippen molar-refractivity contribution in [2.45, 2.75) is 25.3 Å². The molecule has 1 unspecified atom stereocenters. The van der Waals surface area contributed by atoms with Gasteiger partial charge in [-0.25, -0.2) is 8.78 Å². The maximum absolute atomic E-state index is 13.3. The fourth-order valence-corrected chi connectivity index (χ4v) is 1.39. The van der Waals surface area contributed by atoms with Gasteiger partial charge >= 0.3 is 0 Å². The molecule has 1 aromatic rings. The molecule has 0 saturated carbocycles. The Morgan fingerprint density at radius 3 is 2.80 bits per heavy atom. The number of benzene rings is 1. The molecular weight excluding hydrogens is 196 g/mol. The lowest BCUT2D eigenvalue weighted by Crippen LogP contribution is -2.12. The quantitative estimate of drug-likeness (QED) is 0.599. The van der Waals surface area contributed by atoms with Crippen molar-refractivity contribution in [2.75, 3.05) is 0 Å². The van der Waals surface area contributed by atoms with Crippen LogP contribution in [0.4, 0.5) is 8.78 Å². The first-order chi connectivity index (χ1) is 7.16. The van der Waals surface area contributed by atoms with Crippen LogP contribution in [0, 0.1) is 24.0 Å². The third-order valence-corrected chi connectivity index (χ3v) is 2.22. The summed E-state index contributed by atoms with van der Waals surface area (Å²) in [6.45, 7) is 0. The molecule has 0 fully saturated rings. The van der Waals surface area contributed by atoms with E-state index < -0.39 is 17.7 Å². The van der Waals surface area contributed by atoms with Gasteiger partial charge in [-0.05, 0) is 18.9 Å². The van der Waals surface area contributed by atoms with Gasteiger partial charge in [0.25, 0.3) is 0 Å². The second-order valence-corrected chi connectivity index (χ2v) is 3.35. The Labute approximate surface area is 88.3 Å². The molecule has 0 aliphatic heterocycles. The molecule has 0 amide bonds. The molecule has 2 N–H and O–H groups in total. The lowest BCUT2D eigenvalue weighted by molar-refractivity contribution is 0.481. The topological polar surface area (TPSA) is 26.0 Å². The monoisotopic (exact) mass is 209 g/mol. The Bertz CT molecular complexity index is 368. The van der Waals surface area contributed by atoms with Crippen molar-refractivity contribution in [1.29, 1.82) is 0 Å². The number of unbranched alkanes of at least 4 members (excludes halogenated alkanes) is 1. The molecule has 0 spiro atoms. The van der Waals surface area contributed by atoms with Crippen molar-refractivity contribution in [2.24, 2.45) is 5.73 Å². The third kappa shape index (κ3) is 3.03. The van der Waals surface area contributed by atoms with Gasteiger partial charge in [-0.2, -0.15) is 0 Å². The summed E-state index contributed by atoms with van der Waals surface area (Å²) in [5, 5.41) is 0. The molecule has 1 nitrogen and oxygen atoms in total. The summed E-state index contributed by atoms with van der Waals surface area (Å²) in [6.07, 6.45) is 6.96. The van der Waals surface area contributed by atoms with Crippen molar-refractivity contribution < 1.29 is 8.78 Å². The Hall–Kier alpha value is -1.40. The van der Waals surface area contributed by atoms with Crippen molar-refractivity contribution in [3.63, 3.8) is 0 Å². The predicted octanol–water partition coefficient (Wildman–Crippen LogP) is 2.77. The van der Waals surface area contributed by atoms with Crippen LogP contribution in [0.3, 0.4) is 0 Å². The molecule has 3 heteroatoms. The lowest BCUT2D eigenvalue weighted by Gasteiger charge is -2.12. The minimum absolute atomic E-state index is 0.215. The van der Waals surface area contributed by atoms with Crippen LogP contribution in [0.5, 0.6) is 0 Å². The molecule has 15 heavy (non-hydrogen) atoms. The Balaban J connectivity index is 2.70. The van der Waals surface area contributed by atoms with E-state index in [9.17, 15) is 8.78 Å². The summed E-state index contributed by atoms with van der Waals surface area (Å²) in [7, 11) is 0. The van der Waals surface area contributed by atoms with Gasteiger partial charge in [0.1, 0.15) is 0 Å². The zero-order valence-electron chi connectivity index (χ0n) is 8.34. The maximum atomic E-state index is 13.3. The number of hydrogen-bond donors (Lipinski definition) is 1. The first-order valence-corrected chi connectivity index (χ1v) is 4.79. The molecule has 80 valence electrons. The molecule has 0 saturated heterocycles. The molecular formula is C12H13F2N. The molecule has 0 radical (unpaired) electrons. The molecule has 0 heterocycles. The van der Waals surface area contributed by atoms with Gasteiger partial charge in [0, 0.05) is 18.0 Å². The second kappa shape index (κ2) is 5.47. The molecule has 1 aromatic carbocycles. The van der Waals surface area contributed by atoms with Crippen LogP contribution in [0.1, 0.15) is 30.9 Å². The standard InChI is InChI=1S/C12H13F2N/c1-2-3-4-8-11(15)9-6-5-7-10(13)12(9)14/h1,5-7,11H,3-4,8,15H2. The highest BCUT2D eigenvalue weighted by molar-refractivity contribution is 5.22. The van der Waals surface area contributed by atoms with E-state index in [-0.39, 0.29) is 5.56 Å². The summed E-state index contributed by atoms with van der Waals surface area (Å²) in [5.41, 5.74) is 5.95. The SMILES string of the molecule is C#CCCCC(N)c1cccc(F)c1F. The van der Waals surface area contributed by atoms with E-state index in [1.54, 1.807) is 0 Å². The van der Waals surface area contributed by atoms with E-state index in [2.05, 4.69) is 5.92 Å². The number of halogens is 2. The van der Waals surface area contributed by atoms with Crippen LogP contribution in [0.25, 0.3) is 0 Å². The van der Waals surface area contributed by atoms with Crippen LogP contribution in [-0.2, 0) is 0 Å². The normalized spacial score (nSPS) is 12.1. The minimum Gasteiger partial charge on any atom is -0.324 e. The maximum Gasteiger partial charge on any atom is 0.163 e. The van der Waals surface area contributed by atoms with E-state index in [1.165, 1.54) is 12.1 Å². The Morgan fingerprint density at radius 2 is 2.13 bits per heavy atom. The molecule has 0 aliphatic rings. The van der Waals surface area contributed by atoms with Gasteiger partial charge in [-0.15, -0.1) is 12.3 Å². The van der Waals surface area contributed by atoms with Crippen LogP contribution >= 0.6 is 0 Å². The smallest absolute Gasteiger partial charge is 0.163 e. The van der Waals surface area contributed by atoms with Gasteiger partial charge in [0.2, 0.25) is 0 Å². The summed E-state index contributed by atoms with van der Waals surface area (Å²) in [5.74, 6) is 0.760. The van der Waals surface area contributed by atoms with E-state index in [4.69, 9.17) is 12.2 Å². The van der Waals surface area contributed by atoms with Gasteiger partial charge in [0.05, 0.1) is 0 Å². The lowest BCUT2D eigenvalue weighted by atomic mass is 10.0. The highest BCUT2D eigenvalue weighted by atomic mass is 19.2. The van der Waals surface area contributed by atoms with Gasteiger partial charge in [0.15, 0.2) is 11.6 Å². The second-order valence-electron chi connectivity index (χ2n) is 3.35. The first kappa shape index (κ1) is 11.7. The molecule has 1 atom stereocenters. The summed E-state index contributed by atoms with van der Waals surface area (Å²) < 4.78 is 26.1. The van der Waals surface area contributed by atoms with Crippen LogP contribution in [0.15, 0.2) is 18.2 Å². The highest BCUT2D eigenvalue weighted by Gasteiger charge is 2.13. The van der Waals surface area contributed by atoms with Crippen molar-refractivity contribution in [3.05, 3.63) is 35.4 Å². The largest absolute Gasteiger partial charge is 0.324 e. The van der Waals surface area contributed by atoms with E-state index in [0.29, 0.717) is 19.3 Å². The fraction of sp³-hybridized carbons (Fsp3) is 0.333. The number of hydrogen-bond acceptors (Lipinski definition) is 1. The van der Waals surface area contributed by atoms with Crippen LogP contribution < -0.4 is 5.73 Å². The summed E-state index contributed by atoms with van der Waals surface area (Å²) in [6, 6.07) is 3.54. The number of terminal acetylenes is 1. The van der Waals surface area contributed by atoms with Gasteiger partial charge in [-0.1, -0.05) is 12.1 Å². The summed E-state index contributed by atoms with van der Waals surface area (Å²) >= 11 is 0. The molecule has 0 aliphatic carbocycles. The van der Waals surface area contributed by atoms with Crippen molar-refractivity contribution >= 4 is 0 Å². The van der Waals surface area contributed by atoms with Crippen molar-refractivity contribution in [1.82, 2.24) is 0 Å². The Morgan fingerprint density at radius 1 is 1.40 bits per heavy atom. The predicted molar refractivity (Wildman–Crippen MR) is 56.0 cm³/mol. The Kier molecular flexibility index (Phi) is 4.26. The van der Waals surface area contributed by atoms with Crippen LogP contribution in [-0.4, -0.2) is 0 Å². The average Bonchev–Trinajstić information content (AvgIpc) is 2.22. The third-order valence-electron chi connectivity index (χ3n) is 2.22. The van der Waals surface area contributed by atoms with Crippen LogP contribution in [0.2, 0.25) is 0 Å². The molecule has 0 bridgehead atoms. The van der Waals surface area contributed by atoms with Gasteiger partial charge in [-0.3, -0.25) is 0 Å². The van der Waals surface area contributed by atoms with E-state index >= 15 is 0 Å². The summed E-state index contributed by atoms with van der Waals surface area (Å²) in [4.78, 5) is 0. The zero-order chi connectivity index (χ0) is 11.3. The fourth-order valence-electron chi connectivity index (χ4n) is 1.39. The zero-order valence-corrected chi connectivity index (χ0v) is 8.34. The van der Waals surface area contributed by atoms with E-state index in [0.717, 1.165) is 6.07 Å². The van der Waals surface area contributed by atoms with E-state index in [1.807, 2.05) is 0 Å².